The van der Waals surface area contributed by atoms with E-state index in [1.54, 1.807) is 6.20 Å². The number of rotatable bonds is 1. The maximum absolute atomic E-state index is 5.93. The third-order valence-corrected chi connectivity index (χ3v) is 2.74. The molecule has 2 aromatic rings. The first-order valence-corrected chi connectivity index (χ1v) is 5.37. The molecular weight excluding hydrogens is 196 g/mol. The number of hydrogen-bond donors (Lipinski definition) is 1. The Morgan fingerprint density at radius 1 is 0.938 bits per heavy atom. The second kappa shape index (κ2) is 3.97. The number of aromatic nitrogens is 1. The highest BCUT2D eigenvalue weighted by Gasteiger charge is 2.07. The molecule has 2 heteroatoms. The summed E-state index contributed by atoms with van der Waals surface area (Å²) in [6.07, 6.45) is 1.80. The first-order chi connectivity index (χ1) is 7.58. The smallest absolute Gasteiger partial charge is 0.131 e. The molecule has 2 N–H and O–H groups in total. The predicted octanol–water partition coefficient (Wildman–Crippen LogP) is 3.26. The topological polar surface area (TPSA) is 38.9 Å². The largest absolute Gasteiger partial charge is 0.383 e. The fourth-order valence-corrected chi connectivity index (χ4v) is 1.82. The lowest BCUT2D eigenvalue weighted by atomic mass is 9.98. The van der Waals surface area contributed by atoms with Gasteiger partial charge in [0.2, 0.25) is 0 Å². The fraction of sp³-hybridized carbons (Fsp3) is 0.214. The molecule has 0 atom stereocenters. The van der Waals surface area contributed by atoms with Gasteiger partial charge in [0.25, 0.3) is 0 Å². The molecule has 2 rings (SSSR count). The molecule has 0 aliphatic carbocycles. The van der Waals surface area contributed by atoms with Gasteiger partial charge in [-0.25, -0.2) is 4.98 Å². The zero-order valence-electron chi connectivity index (χ0n) is 9.91. The van der Waals surface area contributed by atoms with Crippen LogP contribution in [0.4, 0.5) is 5.82 Å². The van der Waals surface area contributed by atoms with E-state index in [1.807, 2.05) is 6.92 Å². The lowest BCUT2D eigenvalue weighted by Crippen LogP contribution is -1.96. The summed E-state index contributed by atoms with van der Waals surface area (Å²) in [5, 5.41) is 0. The Morgan fingerprint density at radius 3 is 2.38 bits per heavy atom. The number of nitrogen functional groups attached to an aromatic ring is 1. The monoisotopic (exact) mass is 212 g/mol. The molecule has 82 valence electrons. The van der Waals surface area contributed by atoms with Crippen LogP contribution in [0.1, 0.15) is 16.7 Å². The van der Waals surface area contributed by atoms with Crippen LogP contribution in [-0.2, 0) is 0 Å². The summed E-state index contributed by atoms with van der Waals surface area (Å²) in [7, 11) is 0. The number of anilines is 1. The number of pyridine rings is 1. The van der Waals surface area contributed by atoms with Crippen molar-refractivity contribution in [3.05, 3.63) is 47.2 Å². The average molecular weight is 212 g/mol. The lowest BCUT2D eigenvalue weighted by Gasteiger charge is -2.10. The van der Waals surface area contributed by atoms with Crippen molar-refractivity contribution in [1.82, 2.24) is 4.98 Å². The second-order valence-electron chi connectivity index (χ2n) is 4.26. The van der Waals surface area contributed by atoms with Gasteiger partial charge in [-0.2, -0.15) is 0 Å². The Kier molecular flexibility index (Phi) is 2.65. The molecule has 0 spiro atoms. The summed E-state index contributed by atoms with van der Waals surface area (Å²) < 4.78 is 0. The molecular formula is C14H16N2. The van der Waals surface area contributed by atoms with Gasteiger partial charge in [0.1, 0.15) is 5.82 Å². The van der Waals surface area contributed by atoms with Gasteiger partial charge in [0.05, 0.1) is 0 Å². The van der Waals surface area contributed by atoms with Gasteiger partial charge in [0.15, 0.2) is 0 Å². The summed E-state index contributed by atoms with van der Waals surface area (Å²) in [5.41, 5.74) is 11.7. The van der Waals surface area contributed by atoms with Crippen LogP contribution in [0.15, 0.2) is 30.5 Å². The molecule has 0 aliphatic heterocycles. The Hall–Kier alpha value is -1.83. The number of hydrogen-bond acceptors (Lipinski definition) is 2. The van der Waals surface area contributed by atoms with E-state index in [1.165, 1.54) is 16.7 Å². The summed E-state index contributed by atoms with van der Waals surface area (Å²) in [6, 6.07) is 8.47. The van der Waals surface area contributed by atoms with Crippen LogP contribution in [0.5, 0.6) is 0 Å². The summed E-state index contributed by atoms with van der Waals surface area (Å²) >= 11 is 0. The molecule has 16 heavy (non-hydrogen) atoms. The average Bonchev–Trinajstić information content (AvgIpc) is 2.25. The molecule has 1 aromatic heterocycles. The third kappa shape index (κ3) is 1.91. The molecule has 0 fully saturated rings. The van der Waals surface area contributed by atoms with Crippen molar-refractivity contribution >= 4 is 5.82 Å². The van der Waals surface area contributed by atoms with E-state index >= 15 is 0 Å². The highest BCUT2D eigenvalue weighted by molar-refractivity contribution is 5.76. The molecule has 0 aliphatic rings. The van der Waals surface area contributed by atoms with Gasteiger partial charge in [0, 0.05) is 11.8 Å². The SMILES string of the molecule is Cc1ccc(C)c(-c2cc(C)cnc2N)c1. The quantitative estimate of drug-likeness (QED) is 0.788. The van der Waals surface area contributed by atoms with E-state index in [-0.39, 0.29) is 0 Å². The normalized spacial score (nSPS) is 10.4. The number of nitrogens with zero attached hydrogens (tertiary/aromatic N) is 1. The van der Waals surface area contributed by atoms with Gasteiger partial charge in [-0.3, -0.25) is 0 Å². The van der Waals surface area contributed by atoms with Crippen molar-refractivity contribution in [3.8, 4) is 11.1 Å². The van der Waals surface area contributed by atoms with Crippen molar-refractivity contribution in [3.63, 3.8) is 0 Å². The minimum Gasteiger partial charge on any atom is -0.383 e. The summed E-state index contributed by atoms with van der Waals surface area (Å²) in [5.74, 6) is 0.597. The molecule has 1 heterocycles. The maximum Gasteiger partial charge on any atom is 0.131 e. The molecule has 0 radical (unpaired) electrons. The van der Waals surface area contributed by atoms with E-state index in [0.29, 0.717) is 5.82 Å². The van der Waals surface area contributed by atoms with Crippen molar-refractivity contribution in [2.45, 2.75) is 20.8 Å². The molecule has 1 aromatic carbocycles. The van der Waals surface area contributed by atoms with Crippen LogP contribution < -0.4 is 5.73 Å². The van der Waals surface area contributed by atoms with Gasteiger partial charge in [-0.1, -0.05) is 23.8 Å². The molecule has 0 bridgehead atoms. The number of nitrogens with two attached hydrogens (primary N) is 1. The summed E-state index contributed by atoms with van der Waals surface area (Å²) in [6.45, 7) is 6.21. The second-order valence-corrected chi connectivity index (χ2v) is 4.26. The van der Waals surface area contributed by atoms with Crippen molar-refractivity contribution in [2.75, 3.05) is 5.73 Å². The first-order valence-electron chi connectivity index (χ1n) is 5.37. The third-order valence-electron chi connectivity index (χ3n) is 2.74. The highest BCUT2D eigenvalue weighted by atomic mass is 14.8. The van der Waals surface area contributed by atoms with Gasteiger partial charge >= 0.3 is 0 Å². The van der Waals surface area contributed by atoms with E-state index < -0.39 is 0 Å². The molecule has 0 amide bonds. The van der Waals surface area contributed by atoms with E-state index in [4.69, 9.17) is 5.73 Å². The highest BCUT2D eigenvalue weighted by Crippen LogP contribution is 2.28. The van der Waals surface area contributed by atoms with Crippen LogP contribution in [0, 0.1) is 20.8 Å². The van der Waals surface area contributed by atoms with Gasteiger partial charge in [-0.05, 0) is 43.5 Å². The van der Waals surface area contributed by atoms with E-state index in [9.17, 15) is 0 Å². The minimum absolute atomic E-state index is 0.597. The van der Waals surface area contributed by atoms with E-state index in [0.717, 1.165) is 11.1 Å². The van der Waals surface area contributed by atoms with E-state index in [2.05, 4.69) is 43.1 Å². The lowest BCUT2D eigenvalue weighted by molar-refractivity contribution is 1.27. The number of aryl methyl sites for hydroxylation is 3. The van der Waals surface area contributed by atoms with Gasteiger partial charge in [-0.15, -0.1) is 0 Å². The Labute approximate surface area is 96.1 Å². The van der Waals surface area contributed by atoms with Crippen LogP contribution in [0.25, 0.3) is 11.1 Å². The minimum atomic E-state index is 0.597. The fourth-order valence-electron chi connectivity index (χ4n) is 1.82. The zero-order chi connectivity index (χ0) is 11.7. The summed E-state index contributed by atoms with van der Waals surface area (Å²) in [4.78, 5) is 4.20. The molecule has 0 saturated carbocycles. The van der Waals surface area contributed by atoms with Crippen LogP contribution in [0.3, 0.4) is 0 Å². The predicted molar refractivity (Wildman–Crippen MR) is 68.3 cm³/mol. The van der Waals surface area contributed by atoms with Crippen LogP contribution in [-0.4, -0.2) is 4.98 Å². The van der Waals surface area contributed by atoms with Crippen molar-refractivity contribution < 1.29 is 0 Å². The number of benzene rings is 1. The Morgan fingerprint density at radius 2 is 1.62 bits per heavy atom. The Balaban J connectivity index is 2.66. The van der Waals surface area contributed by atoms with Crippen LogP contribution in [0.2, 0.25) is 0 Å². The zero-order valence-corrected chi connectivity index (χ0v) is 9.91. The molecule has 0 saturated heterocycles. The van der Waals surface area contributed by atoms with Crippen molar-refractivity contribution in [2.24, 2.45) is 0 Å². The molecule has 2 nitrogen and oxygen atoms in total. The molecule has 0 unspecified atom stereocenters. The van der Waals surface area contributed by atoms with Crippen molar-refractivity contribution in [1.29, 1.82) is 0 Å². The Bertz CT molecular complexity index is 481. The first kappa shape index (κ1) is 10.7. The van der Waals surface area contributed by atoms with Gasteiger partial charge < -0.3 is 5.73 Å². The van der Waals surface area contributed by atoms with Crippen LogP contribution >= 0.6 is 0 Å². The standard InChI is InChI=1S/C14H16N2/c1-9-4-5-11(3)12(6-9)13-7-10(2)8-16-14(13)15/h4-8H,1-3H3,(H2,15,16). The maximum atomic E-state index is 5.93.